The first-order chi connectivity index (χ1) is 15.4. The topological polar surface area (TPSA) is 50.6 Å². The number of carbonyl (C=O) groups excluding carboxylic acids is 1. The Morgan fingerprint density at radius 1 is 1.03 bits per heavy atom. The van der Waals surface area contributed by atoms with Crippen molar-refractivity contribution in [1.29, 1.82) is 0 Å². The maximum atomic E-state index is 12.9. The summed E-state index contributed by atoms with van der Waals surface area (Å²) < 4.78 is 7.45. The third-order valence-electron chi connectivity index (χ3n) is 5.59. The Balaban J connectivity index is 1.29. The van der Waals surface area contributed by atoms with Gasteiger partial charge in [0.05, 0.1) is 0 Å². The summed E-state index contributed by atoms with van der Waals surface area (Å²) in [5.41, 5.74) is 3.54. The lowest BCUT2D eigenvalue weighted by atomic mass is 10.1. The van der Waals surface area contributed by atoms with E-state index in [4.69, 9.17) is 27.9 Å². The smallest absolute Gasteiger partial charge is 0.274 e. The number of nitrogens with zero attached hydrogens (tertiary/aromatic N) is 4. The number of amides is 1. The summed E-state index contributed by atoms with van der Waals surface area (Å²) in [5, 5.41) is 5.90. The number of benzene rings is 2. The van der Waals surface area contributed by atoms with Gasteiger partial charge in [0, 0.05) is 49.0 Å². The maximum Gasteiger partial charge on any atom is 0.274 e. The molecule has 0 radical (unpaired) electrons. The normalized spacial score (nSPS) is 14.6. The highest BCUT2D eigenvalue weighted by atomic mass is 35.5. The molecule has 168 valence electrons. The predicted octanol–water partition coefficient (Wildman–Crippen LogP) is 4.80. The molecule has 4 rings (SSSR count). The van der Waals surface area contributed by atoms with Crippen LogP contribution in [0.2, 0.25) is 10.0 Å². The Labute approximate surface area is 198 Å². The number of rotatable bonds is 6. The van der Waals surface area contributed by atoms with Crippen molar-refractivity contribution in [2.75, 3.05) is 26.2 Å². The zero-order chi connectivity index (χ0) is 22.7. The van der Waals surface area contributed by atoms with Gasteiger partial charge in [-0.1, -0.05) is 35.3 Å². The number of aromatic nitrogens is 2. The molecule has 32 heavy (non-hydrogen) atoms. The van der Waals surface area contributed by atoms with Gasteiger partial charge in [-0.25, -0.2) is 4.68 Å². The lowest BCUT2D eigenvalue weighted by Gasteiger charge is -2.34. The minimum atomic E-state index is -0.0515. The molecule has 2 heterocycles. The summed E-state index contributed by atoms with van der Waals surface area (Å²) in [5.74, 6) is 0.674. The Morgan fingerprint density at radius 3 is 2.44 bits per heavy atom. The molecule has 0 atom stereocenters. The van der Waals surface area contributed by atoms with Crippen molar-refractivity contribution >= 4 is 29.1 Å². The average Bonchev–Trinajstić information content (AvgIpc) is 3.25. The molecule has 2 aromatic carbocycles. The first kappa shape index (κ1) is 22.6. The van der Waals surface area contributed by atoms with Crippen LogP contribution in [-0.4, -0.2) is 51.7 Å². The molecule has 0 spiro atoms. The van der Waals surface area contributed by atoms with Crippen LogP contribution < -0.4 is 4.74 Å². The molecule has 1 amide bonds. The third-order valence-corrected chi connectivity index (χ3v) is 6.42. The molecule has 0 aliphatic carbocycles. The van der Waals surface area contributed by atoms with Gasteiger partial charge in [0.2, 0.25) is 0 Å². The number of carbonyl (C=O) groups is 1. The number of aryl methyl sites for hydroxylation is 2. The van der Waals surface area contributed by atoms with Crippen molar-refractivity contribution in [2.24, 2.45) is 0 Å². The van der Waals surface area contributed by atoms with Crippen LogP contribution in [0.4, 0.5) is 0 Å². The van der Waals surface area contributed by atoms with Gasteiger partial charge in [-0.2, -0.15) is 5.10 Å². The van der Waals surface area contributed by atoms with Crippen LogP contribution in [0.3, 0.4) is 0 Å². The Kier molecular flexibility index (Phi) is 7.04. The van der Waals surface area contributed by atoms with Gasteiger partial charge in [-0.05, 0) is 60.9 Å². The highest BCUT2D eigenvalue weighted by Gasteiger charge is 2.23. The number of piperazine rings is 1. The fraction of sp³-hybridized carbons (Fsp3) is 0.333. The van der Waals surface area contributed by atoms with Crippen molar-refractivity contribution in [3.05, 3.63) is 81.1 Å². The SMILES string of the molecule is Cc1cc(OCn2ccc(C(=O)N3CCN(Cc4cccc(Cl)c4)CC3)n2)cc(C)c1Cl. The van der Waals surface area contributed by atoms with Gasteiger partial charge >= 0.3 is 0 Å². The Morgan fingerprint density at radius 2 is 1.75 bits per heavy atom. The van der Waals surface area contributed by atoms with Gasteiger partial charge in [-0.15, -0.1) is 0 Å². The van der Waals surface area contributed by atoms with Gasteiger partial charge in [0.1, 0.15) is 5.75 Å². The summed E-state index contributed by atoms with van der Waals surface area (Å²) in [6.07, 6.45) is 1.76. The quantitative estimate of drug-likeness (QED) is 0.516. The van der Waals surface area contributed by atoms with E-state index in [1.807, 2.05) is 49.1 Å². The lowest BCUT2D eigenvalue weighted by Crippen LogP contribution is -2.48. The van der Waals surface area contributed by atoms with Crippen molar-refractivity contribution in [3.63, 3.8) is 0 Å². The molecule has 1 aromatic heterocycles. The summed E-state index contributed by atoms with van der Waals surface area (Å²) >= 11 is 12.3. The van der Waals surface area contributed by atoms with Crippen molar-refractivity contribution in [2.45, 2.75) is 27.1 Å². The van der Waals surface area contributed by atoms with E-state index in [0.717, 1.165) is 46.6 Å². The van der Waals surface area contributed by atoms with E-state index in [0.29, 0.717) is 18.8 Å². The first-order valence-electron chi connectivity index (χ1n) is 10.6. The van der Waals surface area contributed by atoms with Crippen LogP contribution >= 0.6 is 23.2 Å². The largest absolute Gasteiger partial charge is 0.471 e. The summed E-state index contributed by atoms with van der Waals surface area (Å²) in [6.45, 7) is 7.93. The maximum absolute atomic E-state index is 12.9. The van der Waals surface area contributed by atoms with E-state index in [2.05, 4.69) is 16.1 Å². The summed E-state index contributed by atoms with van der Waals surface area (Å²) in [7, 11) is 0. The van der Waals surface area contributed by atoms with Crippen LogP contribution in [0.15, 0.2) is 48.7 Å². The van der Waals surface area contributed by atoms with Gasteiger partial charge in [-0.3, -0.25) is 9.69 Å². The molecular weight excluding hydrogens is 447 g/mol. The first-order valence-corrected chi connectivity index (χ1v) is 11.3. The molecule has 0 unspecified atom stereocenters. The molecule has 8 heteroatoms. The summed E-state index contributed by atoms with van der Waals surface area (Å²) in [4.78, 5) is 17.1. The second kappa shape index (κ2) is 9.94. The molecule has 0 saturated carbocycles. The van der Waals surface area contributed by atoms with Crippen LogP contribution in [0.5, 0.6) is 5.75 Å². The second-order valence-electron chi connectivity index (χ2n) is 8.08. The molecule has 6 nitrogen and oxygen atoms in total. The van der Waals surface area contributed by atoms with Crippen molar-refractivity contribution in [1.82, 2.24) is 19.6 Å². The predicted molar refractivity (Wildman–Crippen MR) is 126 cm³/mol. The van der Waals surface area contributed by atoms with E-state index in [1.165, 1.54) is 5.56 Å². The second-order valence-corrected chi connectivity index (χ2v) is 8.90. The highest BCUT2D eigenvalue weighted by molar-refractivity contribution is 6.32. The van der Waals surface area contributed by atoms with E-state index >= 15 is 0 Å². The molecular formula is C24H26Cl2N4O2. The Bertz CT molecular complexity index is 1080. The molecule has 1 saturated heterocycles. The third kappa shape index (κ3) is 5.44. The number of hydrogen-bond acceptors (Lipinski definition) is 4. The fourth-order valence-corrected chi connectivity index (χ4v) is 4.16. The molecule has 0 bridgehead atoms. The van der Waals surface area contributed by atoms with E-state index < -0.39 is 0 Å². The van der Waals surface area contributed by atoms with E-state index in [-0.39, 0.29) is 12.6 Å². The number of halogens is 2. The molecule has 0 N–H and O–H groups in total. The monoisotopic (exact) mass is 472 g/mol. The highest BCUT2D eigenvalue weighted by Crippen LogP contribution is 2.26. The van der Waals surface area contributed by atoms with E-state index in [1.54, 1.807) is 16.9 Å². The molecule has 3 aromatic rings. The van der Waals surface area contributed by atoms with Crippen LogP contribution in [-0.2, 0) is 13.3 Å². The average molecular weight is 473 g/mol. The number of hydrogen-bond donors (Lipinski definition) is 0. The summed E-state index contributed by atoms with van der Waals surface area (Å²) in [6, 6.07) is 13.4. The zero-order valence-electron chi connectivity index (χ0n) is 18.2. The number of ether oxygens (including phenoxy) is 1. The minimum absolute atomic E-state index is 0.0515. The van der Waals surface area contributed by atoms with E-state index in [9.17, 15) is 4.79 Å². The fourth-order valence-electron chi connectivity index (χ4n) is 3.84. The molecule has 1 aliphatic rings. The van der Waals surface area contributed by atoms with Gasteiger partial charge in [0.25, 0.3) is 5.91 Å². The Hall–Kier alpha value is -2.54. The van der Waals surface area contributed by atoms with Gasteiger partial charge < -0.3 is 9.64 Å². The lowest BCUT2D eigenvalue weighted by molar-refractivity contribution is 0.0621. The van der Waals surface area contributed by atoms with Crippen LogP contribution in [0.1, 0.15) is 27.2 Å². The zero-order valence-corrected chi connectivity index (χ0v) is 19.7. The van der Waals surface area contributed by atoms with Crippen LogP contribution in [0.25, 0.3) is 0 Å². The standard InChI is InChI=1S/C24H26Cl2N4O2/c1-17-12-21(13-18(2)23(17)26)32-16-30-7-6-22(27-30)24(31)29-10-8-28(9-11-29)15-19-4-3-5-20(25)14-19/h3-7,12-14H,8-11,15-16H2,1-2H3. The minimum Gasteiger partial charge on any atom is -0.471 e. The van der Waals surface area contributed by atoms with Crippen molar-refractivity contribution in [3.8, 4) is 5.75 Å². The van der Waals surface area contributed by atoms with Gasteiger partial charge in [0.15, 0.2) is 12.4 Å². The molecule has 1 aliphatic heterocycles. The molecule has 1 fully saturated rings. The van der Waals surface area contributed by atoms with Crippen molar-refractivity contribution < 1.29 is 9.53 Å². The van der Waals surface area contributed by atoms with Crippen LogP contribution in [0, 0.1) is 13.8 Å².